The first-order valence-electron chi connectivity index (χ1n) is 6.22. The topological polar surface area (TPSA) is 24.9 Å². The van der Waals surface area contributed by atoms with Crippen LogP contribution in [0.2, 0.25) is 0 Å². The molecule has 2 aromatic rings. The zero-order valence-electron chi connectivity index (χ0n) is 11.2. The van der Waals surface area contributed by atoms with Gasteiger partial charge in [0.1, 0.15) is 0 Å². The molecule has 0 aliphatic rings. The number of alkyl halides is 3. The zero-order valence-corrected chi connectivity index (χ0v) is 11.2. The monoisotopic (exact) mass is 280 g/mol. The molecule has 2 nitrogen and oxygen atoms in total. The number of anilines is 1. The van der Waals surface area contributed by atoms with Gasteiger partial charge >= 0.3 is 6.18 Å². The molecule has 1 aromatic carbocycles. The van der Waals surface area contributed by atoms with Gasteiger partial charge in [0.15, 0.2) is 0 Å². The van der Waals surface area contributed by atoms with Gasteiger partial charge in [-0.1, -0.05) is 12.1 Å². The Morgan fingerprint density at radius 1 is 1.20 bits per heavy atom. The first-order valence-corrected chi connectivity index (χ1v) is 6.22. The van der Waals surface area contributed by atoms with Gasteiger partial charge in [-0.2, -0.15) is 13.2 Å². The average molecular weight is 280 g/mol. The van der Waals surface area contributed by atoms with Gasteiger partial charge in [-0.25, -0.2) is 0 Å². The van der Waals surface area contributed by atoms with Gasteiger partial charge in [0, 0.05) is 18.1 Å². The second-order valence-electron chi connectivity index (χ2n) is 4.68. The lowest BCUT2D eigenvalue weighted by Crippen LogP contribution is -2.11. The molecular formula is C15H15F3N2. The minimum absolute atomic E-state index is 0.118. The first-order chi connectivity index (χ1) is 9.38. The maximum Gasteiger partial charge on any atom is 0.416 e. The molecule has 0 saturated heterocycles. The summed E-state index contributed by atoms with van der Waals surface area (Å²) in [6.45, 7) is 3.33. The average Bonchev–Trinajstić information content (AvgIpc) is 2.40. The molecular weight excluding hydrogens is 265 g/mol. The predicted octanol–water partition coefficient (Wildman–Crippen LogP) is 4.58. The van der Waals surface area contributed by atoms with Crippen LogP contribution in [0.3, 0.4) is 0 Å². The molecule has 0 aliphatic carbocycles. The van der Waals surface area contributed by atoms with E-state index in [1.54, 1.807) is 24.5 Å². The Labute approximate surface area is 115 Å². The summed E-state index contributed by atoms with van der Waals surface area (Å²) in [7, 11) is 0. The summed E-state index contributed by atoms with van der Waals surface area (Å²) in [6, 6.07) is 7.82. The van der Waals surface area contributed by atoms with Crippen LogP contribution in [0.1, 0.15) is 29.7 Å². The Hall–Kier alpha value is -2.04. The van der Waals surface area contributed by atoms with Crippen LogP contribution in [-0.2, 0) is 6.18 Å². The van der Waals surface area contributed by atoms with Crippen molar-refractivity contribution in [1.29, 1.82) is 0 Å². The molecule has 0 bridgehead atoms. The van der Waals surface area contributed by atoms with Gasteiger partial charge < -0.3 is 5.32 Å². The van der Waals surface area contributed by atoms with E-state index in [0.717, 1.165) is 11.6 Å². The number of aromatic nitrogens is 1. The Balaban J connectivity index is 2.22. The van der Waals surface area contributed by atoms with E-state index in [0.29, 0.717) is 5.69 Å². The number of nitrogens with zero attached hydrogens (tertiary/aromatic N) is 1. The van der Waals surface area contributed by atoms with Gasteiger partial charge in [0.2, 0.25) is 0 Å². The van der Waals surface area contributed by atoms with Gasteiger partial charge in [0.05, 0.1) is 11.6 Å². The molecule has 0 aliphatic heterocycles. The van der Waals surface area contributed by atoms with E-state index >= 15 is 0 Å². The second-order valence-corrected chi connectivity index (χ2v) is 4.68. The molecule has 106 valence electrons. The van der Waals surface area contributed by atoms with Crippen molar-refractivity contribution in [2.75, 3.05) is 5.32 Å². The van der Waals surface area contributed by atoms with E-state index in [-0.39, 0.29) is 11.6 Å². The Morgan fingerprint density at radius 3 is 2.55 bits per heavy atom. The van der Waals surface area contributed by atoms with Gasteiger partial charge in [-0.05, 0) is 43.2 Å². The van der Waals surface area contributed by atoms with E-state index in [4.69, 9.17) is 0 Å². The number of hydrogen-bond donors (Lipinski definition) is 1. The highest BCUT2D eigenvalue weighted by molar-refractivity contribution is 5.50. The van der Waals surface area contributed by atoms with E-state index in [2.05, 4.69) is 10.3 Å². The van der Waals surface area contributed by atoms with Crippen LogP contribution < -0.4 is 5.32 Å². The molecule has 1 N–H and O–H groups in total. The van der Waals surface area contributed by atoms with E-state index in [9.17, 15) is 13.2 Å². The highest BCUT2D eigenvalue weighted by Crippen LogP contribution is 2.34. The van der Waals surface area contributed by atoms with Crippen molar-refractivity contribution in [1.82, 2.24) is 4.98 Å². The number of rotatable bonds is 3. The minimum atomic E-state index is -4.33. The van der Waals surface area contributed by atoms with Crippen molar-refractivity contribution < 1.29 is 13.2 Å². The van der Waals surface area contributed by atoms with Gasteiger partial charge in [0.25, 0.3) is 0 Å². The smallest absolute Gasteiger partial charge is 0.378 e. The van der Waals surface area contributed by atoms with Crippen molar-refractivity contribution in [2.45, 2.75) is 26.1 Å². The quantitative estimate of drug-likeness (QED) is 0.890. The molecule has 0 radical (unpaired) electrons. The lowest BCUT2D eigenvalue weighted by atomic mass is 10.1. The molecule has 0 spiro atoms. The van der Waals surface area contributed by atoms with E-state index < -0.39 is 11.7 Å². The molecule has 20 heavy (non-hydrogen) atoms. The van der Waals surface area contributed by atoms with Gasteiger partial charge in [-0.15, -0.1) is 0 Å². The van der Waals surface area contributed by atoms with Gasteiger partial charge in [-0.3, -0.25) is 4.98 Å². The standard InChI is InChI=1S/C15H15F3N2/c1-10-5-6-13(8-14(10)15(16,17)18)20-11(2)12-4-3-7-19-9-12/h3-9,11,20H,1-2H3. The van der Waals surface area contributed by atoms with Crippen LogP contribution in [0.25, 0.3) is 0 Å². The largest absolute Gasteiger partial charge is 0.416 e. The molecule has 1 unspecified atom stereocenters. The number of benzene rings is 1. The first kappa shape index (κ1) is 14.4. The summed E-state index contributed by atoms with van der Waals surface area (Å²) < 4.78 is 38.6. The molecule has 5 heteroatoms. The Morgan fingerprint density at radius 2 is 1.95 bits per heavy atom. The highest BCUT2D eigenvalue weighted by Gasteiger charge is 2.32. The maximum absolute atomic E-state index is 12.9. The van der Waals surface area contributed by atoms with Crippen molar-refractivity contribution in [3.05, 3.63) is 59.4 Å². The van der Waals surface area contributed by atoms with Crippen molar-refractivity contribution in [2.24, 2.45) is 0 Å². The number of aryl methyl sites for hydroxylation is 1. The van der Waals surface area contributed by atoms with Crippen molar-refractivity contribution in [3.8, 4) is 0 Å². The number of nitrogens with one attached hydrogen (secondary N) is 1. The summed E-state index contributed by atoms with van der Waals surface area (Å²) in [5, 5.41) is 3.06. The van der Waals surface area contributed by atoms with E-state index in [1.165, 1.54) is 13.0 Å². The van der Waals surface area contributed by atoms with Crippen LogP contribution in [0.5, 0.6) is 0 Å². The lowest BCUT2D eigenvalue weighted by Gasteiger charge is -2.17. The Bertz CT molecular complexity index is 579. The van der Waals surface area contributed by atoms with Crippen molar-refractivity contribution >= 4 is 5.69 Å². The summed E-state index contributed by atoms with van der Waals surface area (Å²) in [5.41, 5.74) is 0.971. The molecule has 0 amide bonds. The third kappa shape index (κ3) is 3.29. The SMILES string of the molecule is Cc1ccc(NC(C)c2cccnc2)cc1C(F)(F)F. The number of halogens is 3. The predicted molar refractivity (Wildman–Crippen MR) is 72.5 cm³/mol. The van der Waals surface area contributed by atoms with Crippen LogP contribution in [-0.4, -0.2) is 4.98 Å². The molecule has 1 aromatic heterocycles. The second kappa shape index (κ2) is 5.53. The third-order valence-electron chi connectivity index (χ3n) is 3.11. The van der Waals surface area contributed by atoms with Crippen LogP contribution >= 0.6 is 0 Å². The summed E-state index contributed by atoms with van der Waals surface area (Å²) in [4.78, 5) is 4.00. The normalized spacial score (nSPS) is 13.1. The van der Waals surface area contributed by atoms with Crippen LogP contribution in [0.4, 0.5) is 18.9 Å². The lowest BCUT2D eigenvalue weighted by molar-refractivity contribution is -0.138. The summed E-state index contributed by atoms with van der Waals surface area (Å²) in [6.07, 6.45) is -0.986. The fourth-order valence-corrected chi connectivity index (χ4v) is 1.98. The maximum atomic E-state index is 12.9. The molecule has 1 heterocycles. The fraction of sp³-hybridized carbons (Fsp3) is 0.267. The highest BCUT2D eigenvalue weighted by atomic mass is 19.4. The molecule has 1 atom stereocenters. The Kier molecular flexibility index (Phi) is 3.97. The zero-order chi connectivity index (χ0) is 14.8. The van der Waals surface area contributed by atoms with Crippen molar-refractivity contribution in [3.63, 3.8) is 0 Å². The summed E-state index contributed by atoms with van der Waals surface area (Å²) in [5.74, 6) is 0. The third-order valence-corrected chi connectivity index (χ3v) is 3.11. The summed E-state index contributed by atoms with van der Waals surface area (Å²) >= 11 is 0. The minimum Gasteiger partial charge on any atom is -0.378 e. The molecule has 0 fully saturated rings. The number of hydrogen-bond acceptors (Lipinski definition) is 2. The van der Waals surface area contributed by atoms with Crippen LogP contribution in [0.15, 0.2) is 42.7 Å². The van der Waals surface area contributed by atoms with E-state index in [1.807, 2.05) is 13.0 Å². The fourth-order valence-electron chi connectivity index (χ4n) is 1.98. The molecule has 0 saturated carbocycles. The molecule has 2 rings (SSSR count). The van der Waals surface area contributed by atoms with Crippen LogP contribution in [0, 0.1) is 6.92 Å². The number of pyridine rings is 1.